The van der Waals surface area contributed by atoms with Crippen molar-refractivity contribution in [2.24, 2.45) is 0 Å². The topological polar surface area (TPSA) is 50.6 Å². The minimum absolute atomic E-state index is 0.0848. The minimum Gasteiger partial charge on any atom is -0.497 e. The fraction of sp³-hybridized carbons (Fsp3) is 0.200. The van der Waals surface area contributed by atoms with Gasteiger partial charge in [0.1, 0.15) is 5.75 Å². The number of piperazine rings is 1. The van der Waals surface area contributed by atoms with Crippen molar-refractivity contribution < 1.29 is 9.53 Å². The number of imidazole rings is 1. The first-order chi connectivity index (χ1) is 15.2. The van der Waals surface area contributed by atoms with E-state index >= 15 is 0 Å². The molecule has 156 valence electrons. The van der Waals surface area contributed by atoms with E-state index in [4.69, 9.17) is 4.74 Å². The zero-order valence-corrected chi connectivity index (χ0v) is 17.4. The molecule has 0 radical (unpaired) electrons. The SMILES string of the molecule is COc1cccc(-n2ccnc2N2CCN(C(=O)c3ccc4ccccc4c3)CC2)c1. The molecule has 1 aliphatic rings. The molecule has 31 heavy (non-hydrogen) atoms. The van der Waals surface area contributed by atoms with Gasteiger partial charge in [0.2, 0.25) is 5.95 Å². The van der Waals surface area contributed by atoms with E-state index in [9.17, 15) is 4.79 Å². The van der Waals surface area contributed by atoms with Crippen LogP contribution in [0, 0.1) is 0 Å². The summed E-state index contributed by atoms with van der Waals surface area (Å²) in [7, 11) is 1.67. The Labute approximate surface area is 181 Å². The van der Waals surface area contributed by atoms with Crippen LogP contribution in [0.5, 0.6) is 5.75 Å². The molecule has 1 amide bonds. The van der Waals surface area contributed by atoms with Crippen LogP contribution < -0.4 is 9.64 Å². The van der Waals surface area contributed by atoms with Crippen LogP contribution in [0.1, 0.15) is 10.4 Å². The van der Waals surface area contributed by atoms with Crippen LogP contribution in [-0.4, -0.2) is 53.6 Å². The highest BCUT2D eigenvalue weighted by Gasteiger charge is 2.24. The number of hydrogen-bond donors (Lipinski definition) is 0. The van der Waals surface area contributed by atoms with E-state index in [-0.39, 0.29) is 5.91 Å². The molecule has 1 saturated heterocycles. The number of hydrogen-bond acceptors (Lipinski definition) is 4. The maximum atomic E-state index is 13.1. The Morgan fingerprint density at radius 3 is 2.52 bits per heavy atom. The molecule has 1 fully saturated rings. The highest BCUT2D eigenvalue weighted by atomic mass is 16.5. The number of methoxy groups -OCH3 is 1. The van der Waals surface area contributed by atoms with Crippen LogP contribution in [0.2, 0.25) is 0 Å². The summed E-state index contributed by atoms with van der Waals surface area (Å²) in [5, 5.41) is 2.24. The van der Waals surface area contributed by atoms with Gasteiger partial charge in [0.25, 0.3) is 5.91 Å². The van der Waals surface area contributed by atoms with Crippen LogP contribution in [0.15, 0.2) is 79.1 Å². The first-order valence-electron chi connectivity index (χ1n) is 10.4. The first-order valence-corrected chi connectivity index (χ1v) is 10.4. The van der Waals surface area contributed by atoms with Gasteiger partial charge < -0.3 is 14.5 Å². The molecule has 2 heterocycles. The van der Waals surface area contributed by atoms with Crippen molar-refractivity contribution in [3.63, 3.8) is 0 Å². The third-order valence-corrected chi connectivity index (χ3v) is 5.80. The summed E-state index contributed by atoms with van der Waals surface area (Å²) in [6, 6.07) is 22.0. The summed E-state index contributed by atoms with van der Waals surface area (Å²) in [5.74, 6) is 1.77. The number of amides is 1. The number of rotatable bonds is 4. The fourth-order valence-electron chi connectivity index (χ4n) is 4.11. The smallest absolute Gasteiger partial charge is 0.253 e. The summed E-state index contributed by atoms with van der Waals surface area (Å²) < 4.78 is 7.41. The maximum Gasteiger partial charge on any atom is 0.253 e. The molecule has 0 N–H and O–H groups in total. The molecule has 5 rings (SSSR count). The largest absolute Gasteiger partial charge is 0.497 e. The van der Waals surface area contributed by atoms with E-state index in [2.05, 4.69) is 20.5 Å². The van der Waals surface area contributed by atoms with Crippen molar-refractivity contribution in [2.45, 2.75) is 0 Å². The number of anilines is 1. The zero-order chi connectivity index (χ0) is 21.2. The lowest BCUT2D eigenvalue weighted by Crippen LogP contribution is -2.49. The monoisotopic (exact) mass is 412 g/mol. The number of aromatic nitrogens is 2. The number of benzene rings is 3. The van der Waals surface area contributed by atoms with Crippen LogP contribution in [0.4, 0.5) is 5.95 Å². The van der Waals surface area contributed by atoms with Crippen LogP contribution >= 0.6 is 0 Å². The molecule has 0 saturated carbocycles. The number of carbonyl (C=O) groups excluding carboxylic acids is 1. The summed E-state index contributed by atoms with van der Waals surface area (Å²) in [6.07, 6.45) is 3.76. The van der Waals surface area contributed by atoms with Gasteiger partial charge in [0.15, 0.2) is 0 Å². The van der Waals surface area contributed by atoms with Gasteiger partial charge >= 0.3 is 0 Å². The third kappa shape index (κ3) is 3.72. The molecule has 0 bridgehead atoms. The average molecular weight is 412 g/mol. The molecular weight excluding hydrogens is 388 g/mol. The van der Waals surface area contributed by atoms with E-state index in [1.54, 1.807) is 13.3 Å². The molecule has 3 aromatic carbocycles. The van der Waals surface area contributed by atoms with Gasteiger partial charge in [-0.1, -0.05) is 36.4 Å². The van der Waals surface area contributed by atoms with E-state index in [0.717, 1.165) is 46.8 Å². The lowest BCUT2D eigenvalue weighted by atomic mass is 10.1. The highest BCUT2D eigenvalue weighted by molar-refractivity contribution is 5.98. The normalized spacial score (nSPS) is 14.1. The van der Waals surface area contributed by atoms with Gasteiger partial charge in [-0.05, 0) is 35.0 Å². The first kappa shape index (κ1) is 19.2. The van der Waals surface area contributed by atoms with E-state index < -0.39 is 0 Å². The van der Waals surface area contributed by atoms with Gasteiger partial charge in [-0.2, -0.15) is 0 Å². The van der Waals surface area contributed by atoms with Gasteiger partial charge in [-0.15, -0.1) is 0 Å². The molecule has 6 nitrogen and oxygen atoms in total. The predicted molar refractivity (Wildman–Crippen MR) is 122 cm³/mol. The summed E-state index contributed by atoms with van der Waals surface area (Å²) >= 11 is 0. The van der Waals surface area contributed by atoms with Crippen molar-refractivity contribution in [1.82, 2.24) is 14.5 Å². The lowest BCUT2D eigenvalue weighted by molar-refractivity contribution is 0.0746. The molecule has 0 spiro atoms. The molecule has 1 aliphatic heterocycles. The molecule has 0 aliphatic carbocycles. The van der Waals surface area contributed by atoms with Gasteiger partial charge in [0.05, 0.1) is 12.8 Å². The maximum absolute atomic E-state index is 13.1. The Hall–Kier alpha value is -3.80. The Balaban J connectivity index is 1.30. The van der Waals surface area contributed by atoms with Gasteiger partial charge in [0, 0.05) is 50.2 Å². The second kappa shape index (κ2) is 8.14. The quantitative estimate of drug-likeness (QED) is 0.509. The predicted octanol–water partition coefficient (Wildman–Crippen LogP) is 4.00. The Bertz CT molecular complexity index is 1220. The Morgan fingerprint density at radius 1 is 0.903 bits per heavy atom. The van der Waals surface area contributed by atoms with Crippen molar-refractivity contribution in [1.29, 1.82) is 0 Å². The number of fused-ring (bicyclic) bond motifs is 1. The molecule has 4 aromatic rings. The van der Waals surface area contributed by atoms with E-state index in [1.165, 1.54) is 0 Å². The van der Waals surface area contributed by atoms with E-state index in [0.29, 0.717) is 13.1 Å². The molecule has 0 atom stereocenters. The third-order valence-electron chi connectivity index (χ3n) is 5.80. The summed E-state index contributed by atoms with van der Waals surface area (Å²) in [6.45, 7) is 2.80. The summed E-state index contributed by atoms with van der Waals surface area (Å²) in [4.78, 5) is 21.8. The molecule has 0 unspecified atom stereocenters. The second-order valence-corrected chi connectivity index (χ2v) is 7.64. The fourth-order valence-corrected chi connectivity index (χ4v) is 4.11. The standard InChI is InChI=1S/C25H24N4O2/c1-31-23-8-4-7-22(18-23)29-12-11-26-25(29)28-15-13-27(14-16-28)24(30)21-10-9-19-5-2-3-6-20(19)17-21/h2-12,17-18H,13-16H2,1H3. The van der Waals surface area contributed by atoms with Crippen molar-refractivity contribution >= 4 is 22.6 Å². The number of carbonyl (C=O) groups is 1. The zero-order valence-electron chi connectivity index (χ0n) is 17.4. The van der Waals surface area contributed by atoms with Crippen molar-refractivity contribution in [3.8, 4) is 11.4 Å². The second-order valence-electron chi connectivity index (χ2n) is 7.64. The number of nitrogens with zero attached hydrogens (tertiary/aromatic N) is 4. The van der Waals surface area contributed by atoms with Gasteiger partial charge in [-0.25, -0.2) is 4.98 Å². The Kier molecular flexibility index (Phi) is 5.04. The number of ether oxygens (including phenoxy) is 1. The molecular formula is C25H24N4O2. The lowest BCUT2D eigenvalue weighted by Gasteiger charge is -2.35. The van der Waals surface area contributed by atoms with Crippen molar-refractivity contribution in [3.05, 3.63) is 84.7 Å². The summed E-state index contributed by atoms with van der Waals surface area (Å²) in [5.41, 5.74) is 1.74. The molecule has 6 heteroatoms. The van der Waals surface area contributed by atoms with Gasteiger partial charge in [-0.3, -0.25) is 9.36 Å². The van der Waals surface area contributed by atoms with Crippen LogP contribution in [0.3, 0.4) is 0 Å². The highest BCUT2D eigenvalue weighted by Crippen LogP contribution is 2.23. The van der Waals surface area contributed by atoms with E-state index in [1.807, 2.05) is 71.8 Å². The Morgan fingerprint density at radius 2 is 1.71 bits per heavy atom. The van der Waals surface area contributed by atoms with Crippen molar-refractivity contribution in [2.75, 3.05) is 38.2 Å². The minimum atomic E-state index is 0.0848. The van der Waals surface area contributed by atoms with Crippen LogP contribution in [0.25, 0.3) is 16.5 Å². The molecule has 1 aromatic heterocycles. The van der Waals surface area contributed by atoms with Crippen LogP contribution in [-0.2, 0) is 0 Å². The average Bonchev–Trinajstić information content (AvgIpc) is 3.33.